The lowest BCUT2D eigenvalue weighted by atomic mass is 9.84. The van der Waals surface area contributed by atoms with Crippen molar-refractivity contribution in [3.05, 3.63) is 48.0 Å². The first-order chi connectivity index (χ1) is 18.2. The van der Waals surface area contributed by atoms with E-state index in [1.54, 1.807) is 4.90 Å². The van der Waals surface area contributed by atoms with E-state index in [0.717, 1.165) is 48.2 Å². The molecule has 5 rings (SSSR count). The number of carbonyl (C=O) groups excluding carboxylic acids is 2. The van der Waals surface area contributed by atoms with E-state index in [4.69, 9.17) is 14.2 Å². The number of nitrogens with zero attached hydrogens (tertiary/aromatic N) is 2. The molecule has 1 N–H and O–H groups in total. The first-order valence-electron chi connectivity index (χ1n) is 13.7. The van der Waals surface area contributed by atoms with Crippen molar-refractivity contribution >= 4 is 17.8 Å². The Bertz CT molecular complexity index is 1150. The average Bonchev–Trinajstić information content (AvgIpc) is 2.92. The van der Waals surface area contributed by atoms with Gasteiger partial charge in [-0.2, -0.15) is 0 Å². The number of aryl methyl sites for hydroxylation is 1. The summed E-state index contributed by atoms with van der Waals surface area (Å²) in [4.78, 5) is 28.7. The summed E-state index contributed by atoms with van der Waals surface area (Å²) in [5.41, 5.74) is 3.75. The summed E-state index contributed by atoms with van der Waals surface area (Å²) in [5, 5.41) is 2.97. The van der Waals surface area contributed by atoms with E-state index in [1.807, 2.05) is 29.2 Å². The number of morpholine rings is 1. The number of fused-ring (bicyclic) bond motifs is 1. The molecule has 3 heterocycles. The maximum Gasteiger partial charge on any atom is 0.409 e. The third kappa shape index (κ3) is 6.23. The topological polar surface area (TPSA) is 80.3 Å². The predicted octanol–water partition coefficient (Wildman–Crippen LogP) is 5.56. The molecule has 0 bridgehead atoms. The van der Waals surface area contributed by atoms with Gasteiger partial charge in [-0.05, 0) is 72.1 Å². The summed E-state index contributed by atoms with van der Waals surface area (Å²) >= 11 is 0. The van der Waals surface area contributed by atoms with E-state index >= 15 is 0 Å². The molecule has 0 aliphatic carbocycles. The SMILES string of the molecule is CC(C)(C)COC(=O)N1CCCC2(CCc3cc(-c4ccc(NC(=O)N5CCOCC5)cc4)ccc3O2)C1. The summed E-state index contributed by atoms with van der Waals surface area (Å²) in [6, 6.07) is 14.2. The summed E-state index contributed by atoms with van der Waals surface area (Å²) in [6.07, 6.45) is 3.38. The fourth-order valence-electron chi connectivity index (χ4n) is 5.33. The molecule has 38 heavy (non-hydrogen) atoms. The lowest BCUT2D eigenvalue weighted by Crippen LogP contribution is -2.55. The molecule has 3 amide bonds. The van der Waals surface area contributed by atoms with Gasteiger partial charge < -0.3 is 29.3 Å². The normalized spacial score (nSPS) is 21.4. The van der Waals surface area contributed by atoms with E-state index in [9.17, 15) is 9.59 Å². The monoisotopic (exact) mass is 521 g/mol. The van der Waals surface area contributed by atoms with E-state index in [2.05, 4.69) is 44.3 Å². The number of likely N-dealkylation sites (tertiary alicyclic amines) is 1. The van der Waals surface area contributed by atoms with Gasteiger partial charge in [0.15, 0.2) is 0 Å². The molecular weight excluding hydrogens is 482 g/mol. The second-order valence-corrected chi connectivity index (χ2v) is 11.9. The fraction of sp³-hybridized carbons (Fsp3) is 0.533. The number of hydrogen-bond donors (Lipinski definition) is 1. The molecule has 204 valence electrons. The Hall–Kier alpha value is -3.26. The zero-order chi connectivity index (χ0) is 26.8. The van der Waals surface area contributed by atoms with Crippen LogP contribution >= 0.6 is 0 Å². The van der Waals surface area contributed by atoms with Crippen LogP contribution in [0.25, 0.3) is 11.1 Å². The first kappa shape index (κ1) is 26.4. The zero-order valence-electron chi connectivity index (χ0n) is 22.8. The van der Waals surface area contributed by atoms with Crippen LogP contribution in [0.1, 0.15) is 45.6 Å². The smallest absolute Gasteiger partial charge is 0.409 e. The van der Waals surface area contributed by atoms with Crippen LogP contribution in [-0.4, -0.2) is 73.5 Å². The molecule has 1 atom stereocenters. The number of carbonyl (C=O) groups is 2. The molecule has 0 saturated carbocycles. The van der Waals surface area contributed by atoms with Gasteiger partial charge in [0.2, 0.25) is 0 Å². The molecule has 1 spiro atoms. The number of rotatable bonds is 3. The highest BCUT2D eigenvalue weighted by Crippen LogP contribution is 2.40. The molecule has 2 aromatic rings. The standard InChI is InChI=1S/C30H39N3O5/c1-29(2,3)21-37-28(35)33-14-4-12-30(20-33)13-11-24-19-23(7-10-26(24)38-30)22-5-8-25(9-6-22)31-27(34)32-15-17-36-18-16-32/h5-10,19H,4,11-18,20-21H2,1-3H3,(H,31,34). The van der Waals surface area contributed by atoms with Crippen LogP contribution in [0.4, 0.5) is 15.3 Å². The van der Waals surface area contributed by atoms with Crippen molar-refractivity contribution in [3.63, 3.8) is 0 Å². The molecule has 0 aromatic heterocycles. The van der Waals surface area contributed by atoms with Gasteiger partial charge in [-0.25, -0.2) is 9.59 Å². The van der Waals surface area contributed by atoms with Crippen molar-refractivity contribution in [1.82, 2.24) is 9.80 Å². The lowest BCUT2D eigenvalue weighted by molar-refractivity contribution is -0.0266. The highest BCUT2D eigenvalue weighted by molar-refractivity contribution is 5.89. The number of piperidine rings is 1. The second kappa shape index (κ2) is 10.8. The highest BCUT2D eigenvalue weighted by atomic mass is 16.6. The van der Waals surface area contributed by atoms with Crippen molar-refractivity contribution in [2.45, 2.75) is 52.1 Å². The summed E-state index contributed by atoms with van der Waals surface area (Å²) in [5.74, 6) is 0.902. The first-order valence-corrected chi connectivity index (χ1v) is 13.7. The molecular formula is C30H39N3O5. The van der Waals surface area contributed by atoms with Crippen LogP contribution in [0, 0.1) is 5.41 Å². The van der Waals surface area contributed by atoms with Crippen LogP contribution in [0.5, 0.6) is 5.75 Å². The Labute approximate surface area is 225 Å². The maximum absolute atomic E-state index is 12.7. The minimum absolute atomic E-state index is 0.0573. The Morgan fingerprint density at radius 3 is 2.45 bits per heavy atom. The minimum Gasteiger partial charge on any atom is -0.485 e. The van der Waals surface area contributed by atoms with Gasteiger partial charge in [-0.15, -0.1) is 0 Å². The van der Waals surface area contributed by atoms with Gasteiger partial charge in [0.1, 0.15) is 11.4 Å². The van der Waals surface area contributed by atoms with Crippen LogP contribution < -0.4 is 10.1 Å². The maximum atomic E-state index is 12.7. The van der Waals surface area contributed by atoms with E-state index in [-0.39, 0.29) is 23.1 Å². The van der Waals surface area contributed by atoms with Gasteiger partial charge >= 0.3 is 12.1 Å². The van der Waals surface area contributed by atoms with Crippen LogP contribution in [-0.2, 0) is 15.9 Å². The van der Waals surface area contributed by atoms with Gasteiger partial charge in [-0.1, -0.05) is 39.0 Å². The molecule has 1 unspecified atom stereocenters. The van der Waals surface area contributed by atoms with E-state index in [0.29, 0.717) is 46.0 Å². The van der Waals surface area contributed by atoms with Crippen molar-refractivity contribution in [2.75, 3.05) is 51.3 Å². The highest BCUT2D eigenvalue weighted by Gasteiger charge is 2.42. The van der Waals surface area contributed by atoms with Crippen LogP contribution in [0.3, 0.4) is 0 Å². The number of benzene rings is 2. The van der Waals surface area contributed by atoms with Gasteiger partial charge in [-0.3, -0.25) is 0 Å². The number of amides is 3. The third-order valence-corrected chi connectivity index (χ3v) is 7.43. The molecule has 0 radical (unpaired) electrons. The average molecular weight is 522 g/mol. The lowest BCUT2D eigenvalue weighted by Gasteiger charge is -2.45. The minimum atomic E-state index is -0.353. The molecule has 2 saturated heterocycles. The van der Waals surface area contributed by atoms with E-state index in [1.165, 1.54) is 5.56 Å². The molecule has 8 nitrogen and oxygen atoms in total. The number of nitrogens with one attached hydrogen (secondary N) is 1. The van der Waals surface area contributed by atoms with E-state index < -0.39 is 0 Å². The van der Waals surface area contributed by atoms with Crippen molar-refractivity contribution in [2.24, 2.45) is 5.41 Å². The molecule has 3 aliphatic rings. The summed E-state index contributed by atoms with van der Waals surface area (Å²) < 4.78 is 17.5. The van der Waals surface area contributed by atoms with Crippen LogP contribution in [0.2, 0.25) is 0 Å². The molecule has 3 aliphatic heterocycles. The molecule has 2 fully saturated rings. The summed E-state index contributed by atoms with van der Waals surface area (Å²) in [7, 11) is 0. The molecule has 8 heteroatoms. The Kier molecular flexibility index (Phi) is 7.52. The fourth-order valence-corrected chi connectivity index (χ4v) is 5.33. The number of urea groups is 1. The van der Waals surface area contributed by atoms with Crippen molar-refractivity contribution < 1.29 is 23.8 Å². The van der Waals surface area contributed by atoms with Crippen LogP contribution in [0.15, 0.2) is 42.5 Å². The van der Waals surface area contributed by atoms with Crippen molar-refractivity contribution in [1.29, 1.82) is 0 Å². The third-order valence-electron chi connectivity index (χ3n) is 7.43. The predicted molar refractivity (Wildman–Crippen MR) is 147 cm³/mol. The Morgan fingerprint density at radius 1 is 0.974 bits per heavy atom. The van der Waals surface area contributed by atoms with Gasteiger partial charge in [0.25, 0.3) is 0 Å². The van der Waals surface area contributed by atoms with Gasteiger partial charge in [0.05, 0.1) is 26.4 Å². The summed E-state index contributed by atoms with van der Waals surface area (Å²) in [6.45, 7) is 10.3. The molecule has 2 aromatic carbocycles. The second-order valence-electron chi connectivity index (χ2n) is 11.9. The quantitative estimate of drug-likeness (QED) is 0.572. The zero-order valence-corrected chi connectivity index (χ0v) is 22.8. The number of ether oxygens (including phenoxy) is 3. The van der Waals surface area contributed by atoms with Crippen molar-refractivity contribution in [3.8, 4) is 16.9 Å². The van der Waals surface area contributed by atoms with Gasteiger partial charge in [0, 0.05) is 25.3 Å². The number of anilines is 1. The Balaban J connectivity index is 1.21. The Morgan fingerprint density at radius 2 is 1.71 bits per heavy atom. The number of hydrogen-bond acceptors (Lipinski definition) is 5. The largest absolute Gasteiger partial charge is 0.485 e.